The fraction of sp³-hybridized carbons (Fsp3) is 0.471. The summed E-state index contributed by atoms with van der Waals surface area (Å²) in [5.74, 6) is 0.367. The Kier molecular flexibility index (Phi) is 12.2. The fourth-order valence-electron chi connectivity index (χ4n) is 4.77. The summed E-state index contributed by atoms with van der Waals surface area (Å²) in [7, 11) is 0. The summed E-state index contributed by atoms with van der Waals surface area (Å²) in [6.07, 6.45) is 5.92. The van der Waals surface area contributed by atoms with Gasteiger partial charge in [0.15, 0.2) is 5.78 Å². The highest BCUT2D eigenvalue weighted by Crippen LogP contribution is 2.27. The fourth-order valence-corrected chi connectivity index (χ4v) is 4.77. The SMILES string of the molecule is CC(=O)C(COCc1ccccc1)NC(=O)C(C)(C)N.Cc1cn(C(C(=O)N2CCC(C)CC2)c2ccccc2C)cn1. The van der Waals surface area contributed by atoms with Crippen molar-refractivity contribution in [2.45, 2.75) is 78.6 Å². The van der Waals surface area contributed by atoms with Crippen molar-refractivity contribution in [1.82, 2.24) is 19.8 Å². The van der Waals surface area contributed by atoms with Gasteiger partial charge in [-0.05, 0) is 70.1 Å². The summed E-state index contributed by atoms with van der Waals surface area (Å²) in [5, 5.41) is 2.60. The number of aromatic nitrogens is 2. The van der Waals surface area contributed by atoms with E-state index in [1.807, 2.05) is 65.1 Å². The molecule has 1 aromatic heterocycles. The van der Waals surface area contributed by atoms with Crippen molar-refractivity contribution in [3.05, 3.63) is 89.5 Å². The van der Waals surface area contributed by atoms with Crippen LogP contribution in [0.15, 0.2) is 67.1 Å². The number of nitrogens with zero attached hydrogens (tertiary/aromatic N) is 3. The van der Waals surface area contributed by atoms with Crippen molar-refractivity contribution in [3.63, 3.8) is 0 Å². The minimum Gasteiger partial charge on any atom is -0.374 e. The number of hydrogen-bond acceptors (Lipinski definition) is 6. The molecule has 0 bridgehead atoms. The van der Waals surface area contributed by atoms with Crippen LogP contribution in [0.2, 0.25) is 0 Å². The molecule has 2 aromatic carbocycles. The minimum absolute atomic E-state index is 0.131. The number of imidazole rings is 1. The Morgan fingerprint density at radius 2 is 1.67 bits per heavy atom. The molecular formula is C34H47N5O4. The van der Waals surface area contributed by atoms with Gasteiger partial charge in [-0.15, -0.1) is 0 Å². The van der Waals surface area contributed by atoms with Crippen LogP contribution in [0.3, 0.4) is 0 Å². The van der Waals surface area contributed by atoms with Gasteiger partial charge in [-0.3, -0.25) is 14.4 Å². The molecule has 9 nitrogen and oxygen atoms in total. The molecule has 4 rings (SSSR count). The van der Waals surface area contributed by atoms with E-state index in [2.05, 4.69) is 36.3 Å². The molecule has 0 saturated carbocycles. The highest BCUT2D eigenvalue weighted by Gasteiger charge is 2.30. The van der Waals surface area contributed by atoms with Crippen molar-refractivity contribution in [2.24, 2.45) is 11.7 Å². The summed E-state index contributed by atoms with van der Waals surface area (Å²) in [5.41, 5.74) is 8.82. The van der Waals surface area contributed by atoms with Gasteiger partial charge in [0.05, 0.1) is 30.8 Å². The molecule has 1 saturated heterocycles. The average Bonchev–Trinajstić information content (AvgIpc) is 3.39. The lowest BCUT2D eigenvalue weighted by Gasteiger charge is -2.33. The summed E-state index contributed by atoms with van der Waals surface area (Å²) in [6.45, 7) is 13.1. The zero-order chi connectivity index (χ0) is 31.6. The zero-order valence-corrected chi connectivity index (χ0v) is 26.4. The van der Waals surface area contributed by atoms with E-state index in [0.29, 0.717) is 12.5 Å². The number of likely N-dealkylation sites (tertiary alicyclic amines) is 1. The Labute approximate surface area is 255 Å². The third-order valence-electron chi connectivity index (χ3n) is 7.62. The lowest BCUT2D eigenvalue weighted by Crippen LogP contribution is -2.54. The van der Waals surface area contributed by atoms with E-state index in [9.17, 15) is 14.4 Å². The van der Waals surface area contributed by atoms with Gasteiger partial charge in [0, 0.05) is 19.3 Å². The molecule has 9 heteroatoms. The Morgan fingerprint density at radius 1 is 1.05 bits per heavy atom. The van der Waals surface area contributed by atoms with Crippen LogP contribution in [0.1, 0.15) is 69.0 Å². The number of benzene rings is 2. The Hall–Kier alpha value is -3.82. The molecule has 2 amide bonds. The first-order valence-electron chi connectivity index (χ1n) is 14.9. The zero-order valence-electron chi connectivity index (χ0n) is 26.4. The summed E-state index contributed by atoms with van der Waals surface area (Å²) in [6, 6.07) is 16.8. The van der Waals surface area contributed by atoms with Crippen LogP contribution in [0.25, 0.3) is 0 Å². The molecule has 232 valence electrons. The van der Waals surface area contributed by atoms with E-state index < -0.39 is 11.6 Å². The van der Waals surface area contributed by atoms with E-state index in [4.69, 9.17) is 10.5 Å². The van der Waals surface area contributed by atoms with E-state index in [0.717, 1.165) is 48.3 Å². The van der Waals surface area contributed by atoms with Gasteiger partial charge in [0.2, 0.25) is 11.8 Å². The number of nitrogens with two attached hydrogens (primary N) is 1. The van der Waals surface area contributed by atoms with Crippen LogP contribution in [-0.4, -0.2) is 63.3 Å². The average molecular weight is 590 g/mol. The molecule has 2 heterocycles. The lowest BCUT2D eigenvalue weighted by molar-refractivity contribution is -0.135. The largest absolute Gasteiger partial charge is 0.374 e. The topological polar surface area (TPSA) is 120 Å². The van der Waals surface area contributed by atoms with Gasteiger partial charge in [-0.25, -0.2) is 4.98 Å². The first-order chi connectivity index (χ1) is 20.4. The predicted octanol–water partition coefficient (Wildman–Crippen LogP) is 4.36. The van der Waals surface area contributed by atoms with E-state index in [1.54, 1.807) is 20.2 Å². The standard InChI is InChI=1S/C19H25N3O.C15H22N2O3/c1-14-8-10-21(11-9-14)19(23)18(22-12-16(3)20-13-22)17-7-5-4-6-15(17)2;1-11(18)13(17-14(19)15(2,3)16)10-20-9-12-7-5-4-6-8-12/h4-7,12-14,18H,8-11H2,1-3H3;4-8,13H,9-10,16H2,1-3H3,(H,17,19). The van der Waals surface area contributed by atoms with Crippen molar-refractivity contribution in [3.8, 4) is 0 Å². The summed E-state index contributed by atoms with van der Waals surface area (Å²) >= 11 is 0. The molecule has 2 atom stereocenters. The maximum atomic E-state index is 13.2. The monoisotopic (exact) mass is 589 g/mol. The highest BCUT2D eigenvalue weighted by molar-refractivity contribution is 5.91. The first kappa shape index (κ1) is 33.7. The summed E-state index contributed by atoms with van der Waals surface area (Å²) in [4.78, 5) is 42.9. The normalized spacial score (nSPS) is 15.2. The van der Waals surface area contributed by atoms with Crippen LogP contribution in [-0.2, 0) is 25.7 Å². The second kappa shape index (κ2) is 15.6. The van der Waals surface area contributed by atoms with Crippen molar-refractivity contribution in [1.29, 1.82) is 0 Å². The number of piperidine rings is 1. The van der Waals surface area contributed by atoms with Gasteiger partial charge in [-0.1, -0.05) is 61.5 Å². The van der Waals surface area contributed by atoms with E-state index in [1.165, 1.54) is 6.92 Å². The first-order valence-corrected chi connectivity index (χ1v) is 14.9. The number of aryl methyl sites for hydroxylation is 2. The molecule has 1 aliphatic heterocycles. The second-order valence-electron chi connectivity index (χ2n) is 12.1. The Morgan fingerprint density at radius 3 is 2.23 bits per heavy atom. The number of amides is 2. The van der Waals surface area contributed by atoms with Gasteiger partial charge in [0.25, 0.3) is 0 Å². The molecule has 3 aromatic rings. The third-order valence-corrected chi connectivity index (χ3v) is 7.62. The molecule has 0 spiro atoms. The maximum Gasteiger partial charge on any atom is 0.250 e. The number of Topliss-reactive ketones (excluding diaryl/α,β-unsaturated/α-hetero) is 1. The van der Waals surface area contributed by atoms with Crippen molar-refractivity contribution < 1.29 is 19.1 Å². The third kappa shape index (κ3) is 10.1. The molecular weight excluding hydrogens is 542 g/mol. The minimum atomic E-state index is -1.02. The van der Waals surface area contributed by atoms with Gasteiger partial charge in [-0.2, -0.15) is 0 Å². The van der Waals surface area contributed by atoms with Crippen LogP contribution in [0, 0.1) is 19.8 Å². The van der Waals surface area contributed by atoms with Crippen LogP contribution >= 0.6 is 0 Å². The number of ketones is 1. The maximum absolute atomic E-state index is 13.2. The van der Waals surface area contributed by atoms with Crippen molar-refractivity contribution >= 4 is 17.6 Å². The van der Waals surface area contributed by atoms with Crippen molar-refractivity contribution in [2.75, 3.05) is 19.7 Å². The smallest absolute Gasteiger partial charge is 0.250 e. The summed E-state index contributed by atoms with van der Waals surface area (Å²) < 4.78 is 7.44. The second-order valence-corrected chi connectivity index (χ2v) is 12.1. The Bertz CT molecular complexity index is 1340. The van der Waals surface area contributed by atoms with E-state index in [-0.39, 0.29) is 30.2 Å². The molecule has 1 fully saturated rings. The van der Waals surface area contributed by atoms with Gasteiger partial charge < -0.3 is 25.3 Å². The molecule has 0 radical (unpaired) electrons. The van der Waals surface area contributed by atoms with Crippen LogP contribution in [0.5, 0.6) is 0 Å². The number of nitrogens with one attached hydrogen (secondary N) is 1. The lowest BCUT2D eigenvalue weighted by atomic mass is 9.96. The predicted molar refractivity (Wildman–Crippen MR) is 168 cm³/mol. The van der Waals surface area contributed by atoms with Gasteiger partial charge in [0.1, 0.15) is 12.1 Å². The van der Waals surface area contributed by atoms with Crippen LogP contribution in [0.4, 0.5) is 0 Å². The quantitative estimate of drug-likeness (QED) is 0.363. The van der Waals surface area contributed by atoms with Gasteiger partial charge >= 0.3 is 0 Å². The molecule has 2 unspecified atom stereocenters. The molecule has 43 heavy (non-hydrogen) atoms. The molecule has 3 N–H and O–H groups in total. The number of rotatable bonds is 10. The van der Waals surface area contributed by atoms with Crippen LogP contribution < -0.4 is 11.1 Å². The Balaban J connectivity index is 0.000000238. The highest BCUT2D eigenvalue weighted by atomic mass is 16.5. The number of ether oxygens (including phenoxy) is 1. The number of carbonyl (C=O) groups is 3. The number of carbonyl (C=O) groups excluding carboxylic acids is 3. The molecule has 0 aliphatic carbocycles. The number of hydrogen-bond donors (Lipinski definition) is 2. The molecule has 1 aliphatic rings. The van der Waals surface area contributed by atoms with E-state index >= 15 is 0 Å².